The third kappa shape index (κ3) is 3.09. The molecule has 1 N–H and O–H groups in total. The Hall–Kier alpha value is -1.46. The monoisotopic (exact) mass is 356 g/mol. The van der Waals surface area contributed by atoms with E-state index in [4.69, 9.17) is 4.74 Å². The molecule has 0 heterocycles. The van der Waals surface area contributed by atoms with Gasteiger partial charge in [-0.15, -0.1) is 0 Å². The molecule has 0 radical (unpaired) electrons. The van der Waals surface area contributed by atoms with Crippen LogP contribution in [0.2, 0.25) is 0 Å². The highest BCUT2D eigenvalue weighted by Crippen LogP contribution is 2.39. The molecular weight excluding hydrogens is 342 g/mol. The summed E-state index contributed by atoms with van der Waals surface area (Å²) in [5.41, 5.74) is 2.22. The maximum atomic E-state index is 13.4. The molecule has 0 aliphatic rings. The van der Waals surface area contributed by atoms with Crippen LogP contribution in [0.3, 0.4) is 0 Å². The molecule has 21 heavy (non-hydrogen) atoms. The topological polar surface area (TPSA) is 29.5 Å². The van der Waals surface area contributed by atoms with Crippen LogP contribution in [0.4, 0.5) is 8.78 Å². The van der Waals surface area contributed by atoms with Gasteiger partial charge in [0.2, 0.25) is 0 Å². The highest BCUT2D eigenvalue weighted by Gasteiger charge is 2.22. The van der Waals surface area contributed by atoms with Crippen molar-refractivity contribution in [1.29, 1.82) is 0 Å². The Bertz CT molecular complexity index is 666. The fourth-order valence-corrected chi connectivity index (χ4v) is 2.93. The Kier molecular flexibility index (Phi) is 4.64. The first kappa shape index (κ1) is 15.9. The summed E-state index contributed by atoms with van der Waals surface area (Å²) in [6, 6.07) is 4.87. The highest BCUT2D eigenvalue weighted by atomic mass is 79.9. The molecule has 112 valence electrons. The van der Waals surface area contributed by atoms with Crippen LogP contribution in [-0.2, 0) is 0 Å². The van der Waals surface area contributed by atoms with Crippen molar-refractivity contribution < 1.29 is 18.6 Å². The fourth-order valence-electron chi connectivity index (χ4n) is 2.38. The minimum absolute atomic E-state index is 0.145. The number of halogens is 3. The minimum atomic E-state index is -1.18. The van der Waals surface area contributed by atoms with Gasteiger partial charge in [-0.3, -0.25) is 0 Å². The first-order valence-electron chi connectivity index (χ1n) is 6.32. The van der Waals surface area contributed by atoms with E-state index in [1.165, 1.54) is 7.11 Å². The average Bonchev–Trinajstić information content (AvgIpc) is 2.40. The van der Waals surface area contributed by atoms with E-state index < -0.39 is 17.7 Å². The van der Waals surface area contributed by atoms with Gasteiger partial charge in [0.1, 0.15) is 23.5 Å². The number of aryl methyl sites for hydroxylation is 1. The predicted octanol–water partition coefficient (Wildman–Crippen LogP) is 4.43. The van der Waals surface area contributed by atoms with Crippen LogP contribution in [0.1, 0.15) is 28.4 Å². The first-order valence-corrected chi connectivity index (χ1v) is 7.12. The Morgan fingerprint density at radius 1 is 1.10 bits per heavy atom. The van der Waals surface area contributed by atoms with Gasteiger partial charge in [-0.05, 0) is 48.7 Å². The van der Waals surface area contributed by atoms with Crippen molar-refractivity contribution >= 4 is 15.9 Å². The molecule has 0 fully saturated rings. The van der Waals surface area contributed by atoms with E-state index in [0.717, 1.165) is 33.8 Å². The molecule has 1 atom stereocenters. The average molecular weight is 357 g/mol. The van der Waals surface area contributed by atoms with Crippen LogP contribution in [0.5, 0.6) is 5.75 Å². The molecule has 0 saturated heterocycles. The zero-order valence-electron chi connectivity index (χ0n) is 11.9. The Balaban J connectivity index is 2.64. The second kappa shape index (κ2) is 6.12. The number of hydrogen-bond acceptors (Lipinski definition) is 2. The molecule has 2 aromatic rings. The summed E-state index contributed by atoms with van der Waals surface area (Å²) in [5.74, 6) is -0.951. The summed E-state index contributed by atoms with van der Waals surface area (Å²) in [6.07, 6.45) is -1.18. The lowest BCUT2D eigenvalue weighted by Crippen LogP contribution is -2.07. The van der Waals surface area contributed by atoms with Gasteiger partial charge in [0.15, 0.2) is 0 Å². The van der Waals surface area contributed by atoms with Gasteiger partial charge >= 0.3 is 0 Å². The van der Waals surface area contributed by atoms with E-state index in [0.29, 0.717) is 11.3 Å². The normalized spacial score (nSPS) is 12.3. The standard InChI is InChI=1S/C16H15BrF2O2/c1-8-4-13(17)9(2)14(16(8)21-3)15(20)10-5-11(18)7-12(19)6-10/h4-7,15,20H,1-3H3. The molecule has 2 aromatic carbocycles. The van der Waals surface area contributed by atoms with Gasteiger partial charge in [-0.1, -0.05) is 15.9 Å². The maximum Gasteiger partial charge on any atom is 0.128 e. The van der Waals surface area contributed by atoms with Gasteiger partial charge < -0.3 is 9.84 Å². The SMILES string of the molecule is COc1c(C)cc(Br)c(C)c1C(O)c1cc(F)cc(F)c1. The van der Waals surface area contributed by atoms with Crippen LogP contribution in [0, 0.1) is 25.5 Å². The Labute approximate surface area is 130 Å². The number of benzene rings is 2. The van der Waals surface area contributed by atoms with Crippen molar-refractivity contribution in [2.45, 2.75) is 20.0 Å². The number of ether oxygens (including phenoxy) is 1. The molecule has 5 heteroatoms. The molecular formula is C16H15BrF2O2. The lowest BCUT2D eigenvalue weighted by Gasteiger charge is -2.21. The molecule has 0 aliphatic heterocycles. The molecule has 0 bridgehead atoms. The second-order valence-corrected chi connectivity index (χ2v) is 5.71. The van der Waals surface area contributed by atoms with Crippen LogP contribution in [0.25, 0.3) is 0 Å². The van der Waals surface area contributed by atoms with Gasteiger partial charge in [0, 0.05) is 16.1 Å². The molecule has 1 unspecified atom stereocenters. The lowest BCUT2D eigenvalue weighted by molar-refractivity contribution is 0.212. The van der Waals surface area contributed by atoms with E-state index in [9.17, 15) is 13.9 Å². The van der Waals surface area contributed by atoms with Crippen molar-refractivity contribution in [3.8, 4) is 5.75 Å². The summed E-state index contributed by atoms with van der Waals surface area (Å²) >= 11 is 3.42. The van der Waals surface area contributed by atoms with Crippen molar-refractivity contribution in [1.82, 2.24) is 0 Å². The summed E-state index contributed by atoms with van der Waals surface area (Å²) < 4.78 is 32.9. The van der Waals surface area contributed by atoms with Gasteiger partial charge in [0.05, 0.1) is 7.11 Å². The number of aliphatic hydroxyl groups is 1. The van der Waals surface area contributed by atoms with Gasteiger partial charge in [0.25, 0.3) is 0 Å². The van der Waals surface area contributed by atoms with E-state index in [1.807, 2.05) is 13.0 Å². The summed E-state index contributed by atoms with van der Waals surface area (Å²) in [6.45, 7) is 3.64. The van der Waals surface area contributed by atoms with Crippen molar-refractivity contribution in [3.63, 3.8) is 0 Å². The summed E-state index contributed by atoms with van der Waals surface area (Å²) in [7, 11) is 1.50. The number of rotatable bonds is 3. The molecule has 2 nitrogen and oxygen atoms in total. The van der Waals surface area contributed by atoms with Crippen LogP contribution >= 0.6 is 15.9 Å². The van der Waals surface area contributed by atoms with Crippen LogP contribution in [0.15, 0.2) is 28.7 Å². The zero-order chi connectivity index (χ0) is 15.7. The largest absolute Gasteiger partial charge is 0.496 e. The molecule has 2 rings (SSSR count). The number of aliphatic hydroxyl groups excluding tert-OH is 1. The highest BCUT2D eigenvalue weighted by molar-refractivity contribution is 9.10. The van der Waals surface area contributed by atoms with E-state index >= 15 is 0 Å². The molecule has 0 aliphatic carbocycles. The minimum Gasteiger partial charge on any atom is -0.496 e. The Morgan fingerprint density at radius 2 is 1.67 bits per heavy atom. The van der Waals surface area contributed by atoms with E-state index in [-0.39, 0.29) is 5.56 Å². The molecule has 0 aromatic heterocycles. The number of hydrogen-bond donors (Lipinski definition) is 1. The third-order valence-corrected chi connectivity index (χ3v) is 4.21. The predicted molar refractivity (Wildman–Crippen MR) is 80.6 cm³/mol. The van der Waals surface area contributed by atoms with Gasteiger partial charge in [-0.25, -0.2) is 8.78 Å². The van der Waals surface area contributed by atoms with Gasteiger partial charge in [-0.2, -0.15) is 0 Å². The fraction of sp³-hybridized carbons (Fsp3) is 0.250. The smallest absolute Gasteiger partial charge is 0.128 e. The zero-order valence-corrected chi connectivity index (χ0v) is 13.5. The third-order valence-electron chi connectivity index (χ3n) is 3.39. The summed E-state index contributed by atoms with van der Waals surface area (Å²) in [4.78, 5) is 0. The van der Waals surface area contributed by atoms with E-state index in [2.05, 4.69) is 15.9 Å². The first-order chi connectivity index (χ1) is 9.85. The van der Waals surface area contributed by atoms with Crippen LogP contribution in [-0.4, -0.2) is 12.2 Å². The Morgan fingerprint density at radius 3 is 2.19 bits per heavy atom. The molecule has 0 saturated carbocycles. The summed E-state index contributed by atoms with van der Waals surface area (Å²) in [5, 5.41) is 10.5. The van der Waals surface area contributed by atoms with Crippen molar-refractivity contribution in [2.75, 3.05) is 7.11 Å². The van der Waals surface area contributed by atoms with Crippen molar-refractivity contribution in [2.24, 2.45) is 0 Å². The lowest BCUT2D eigenvalue weighted by atomic mass is 9.94. The molecule has 0 spiro atoms. The maximum absolute atomic E-state index is 13.4. The number of methoxy groups -OCH3 is 1. The van der Waals surface area contributed by atoms with E-state index in [1.54, 1.807) is 6.92 Å². The second-order valence-electron chi connectivity index (χ2n) is 4.85. The van der Waals surface area contributed by atoms with Crippen molar-refractivity contribution in [3.05, 3.63) is 62.6 Å². The van der Waals surface area contributed by atoms with Crippen LogP contribution < -0.4 is 4.74 Å². The molecule has 0 amide bonds. The quantitative estimate of drug-likeness (QED) is 0.881.